The van der Waals surface area contributed by atoms with Crippen LogP contribution in [-0.2, 0) is 9.59 Å². The molecule has 0 bridgehead atoms. The lowest BCUT2D eigenvalue weighted by Crippen LogP contribution is -2.36. The van der Waals surface area contributed by atoms with E-state index in [1.165, 1.54) is 0 Å². The zero-order valence-corrected chi connectivity index (χ0v) is 17.8. The second kappa shape index (κ2) is 9.96. The van der Waals surface area contributed by atoms with Gasteiger partial charge in [0, 0.05) is 54.3 Å². The maximum Gasteiger partial charge on any atom is 0.267 e. The highest BCUT2D eigenvalue weighted by molar-refractivity contribution is 6.06. The van der Waals surface area contributed by atoms with Crippen molar-refractivity contribution < 1.29 is 14.4 Å². The van der Waals surface area contributed by atoms with Gasteiger partial charge in [-0.1, -0.05) is 36.4 Å². The molecule has 7 heteroatoms. The Morgan fingerprint density at radius 3 is 2.62 bits per heavy atom. The van der Waals surface area contributed by atoms with Crippen molar-refractivity contribution in [3.63, 3.8) is 0 Å². The standard InChI is InChI=1S/C25H26N4O3/c30-23-12-6-14-29(23)15-7-13-26-25(32)22(28-24(31)18-8-2-1-3-9-18)16-19-17-27-21-11-5-4-10-20(19)21/h1-5,8-11,16-17,27H,6-7,12-15H2,(H,26,32)(H,28,31)/b22-16+. The first-order valence-corrected chi connectivity index (χ1v) is 10.8. The minimum atomic E-state index is -0.368. The van der Waals surface area contributed by atoms with Crippen LogP contribution in [-0.4, -0.2) is 47.2 Å². The lowest BCUT2D eigenvalue weighted by Gasteiger charge is -2.16. The van der Waals surface area contributed by atoms with Gasteiger partial charge in [-0.15, -0.1) is 0 Å². The molecule has 3 N–H and O–H groups in total. The normalized spacial score (nSPS) is 14.1. The fourth-order valence-corrected chi connectivity index (χ4v) is 3.82. The summed E-state index contributed by atoms with van der Waals surface area (Å²) in [4.78, 5) is 42.4. The first-order valence-electron chi connectivity index (χ1n) is 10.8. The predicted molar refractivity (Wildman–Crippen MR) is 124 cm³/mol. The largest absolute Gasteiger partial charge is 0.361 e. The van der Waals surface area contributed by atoms with E-state index in [1.807, 2.05) is 41.4 Å². The van der Waals surface area contributed by atoms with Crippen LogP contribution in [0.1, 0.15) is 35.2 Å². The molecule has 1 fully saturated rings. The lowest BCUT2D eigenvalue weighted by molar-refractivity contribution is -0.127. The Bertz CT molecular complexity index is 1150. The van der Waals surface area contributed by atoms with Gasteiger partial charge in [-0.05, 0) is 37.1 Å². The first-order chi connectivity index (χ1) is 15.6. The van der Waals surface area contributed by atoms with Crippen LogP contribution in [0.5, 0.6) is 0 Å². The number of carbonyl (C=O) groups is 3. The highest BCUT2D eigenvalue weighted by Crippen LogP contribution is 2.20. The Labute approximate surface area is 186 Å². The molecule has 2 aromatic carbocycles. The minimum absolute atomic E-state index is 0.167. The topological polar surface area (TPSA) is 94.3 Å². The van der Waals surface area contributed by atoms with Crippen LogP contribution < -0.4 is 10.6 Å². The molecule has 0 atom stereocenters. The summed E-state index contributed by atoms with van der Waals surface area (Å²) in [5, 5.41) is 6.58. The van der Waals surface area contributed by atoms with E-state index in [2.05, 4.69) is 15.6 Å². The van der Waals surface area contributed by atoms with Crippen LogP contribution in [0.25, 0.3) is 17.0 Å². The summed E-state index contributed by atoms with van der Waals surface area (Å²) in [7, 11) is 0. The van der Waals surface area contributed by atoms with Crippen LogP contribution >= 0.6 is 0 Å². The van der Waals surface area contributed by atoms with E-state index in [0.29, 0.717) is 31.5 Å². The van der Waals surface area contributed by atoms with E-state index in [-0.39, 0.29) is 23.4 Å². The van der Waals surface area contributed by atoms with Gasteiger partial charge < -0.3 is 20.5 Å². The van der Waals surface area contributed by atoms with Gasteiger partial charge in [0.2, 0.25) is 5.91 Å². The van der Waals surface area contributed by atoms with Crippen molar-refractivity contribution in [2.75, 3.05) is 19.6 Å². The van der Waals surface area contributed by atoms with Crippen molar-refractivity contribution in [3.8, 4) is 0 Å². The third-order valence-electron chi connectivity index (χ3n) is 5.51. The van der Waals surface area contributed by atoms with Crippen molar-refractivity contribution in [1.82, 2.24) is 20.5 Å². The zero-order chi connectivity index (χ0) is 22.3. The molecule has 1 saturated heterocycles. The van der Waals surface area contributed by atoms with E-state index in [0.717, 1.165) is 29.4 Å². The quantitative estimate of drug-likeness (QED) is 0.379. The van der Waals surface area contributed by atoms with E-state index in [1.54, 1.807) is 30.3 Å². The third kappa shape index (κ3) is 5.06. The molecule has 32 heavy (non-hydrogen) atoms. The number of benzene rings is 2. The second-order valence-corrected chi connectivity index (χ2v) is 7.76. The number of hydrogen-bond donors (Lipinski definition) is 3. The number of rotatable bonds is 8. The third-order valence-corrected chi connectivity index (χ3v) is 5.51. The van der Waals surface area contributed by atoms with Crippen LogP contribution in [0, 0.1) is 0 Å². The molecule has 0 spiro atoms. The number of likely N-dealkylation sites (tertiary alicyclic amines) is 1. The molecule has 1 aromatic heterocycles. The highest BCUT2D eigenvalue weighted by atomic mass is 16.2. The monoisotopic (exact) mass is 430 g/mol. The van der Waals surface area contributed by atoms with Gasteiger partial charge in [0.1, 0.15) is 5.70 Å². The summed E-state index contributed by atoms with van der Waals surface area (Å²) < 4.78 is 0. The summed E-state index contributed by atoms with van der Waals surface area (Å²) in [5.41, 5.74) is 2.39. The van der Waals surface area contributed by atoms with Gasteiger partial charge in [-0.2, -0.15) is 0 Å². The van der Waals surface area contributed by atoms with Gasteiger partial charge >= 0.3 is 0 Å². The number of nitrogens with zero attached hydrogens (tertiary/aromatic N) is 1. The van der Waals surface area contributed by atoms with Gasteiger partial charge in [0.15, 0.2) is 0 Å². The average Bonchev–Trinajstić information content (AvgIpc) is 3.42. The van der Waals surface area contributed by atoms with Crippen molar-refractivity contribution in [2.45, 2.75) is 19.3 Å². The van der Waals surface area contributed by atoms with Crippen molar-refractivity contribution in [3.05, 3.63) is 77.6 Å². The smallest absolute Gasteiger partial charge is 0.267 e. The molecule has 7 nitrogen and oxygen atoms in total. The molecule has 3 amide bonds. The number of hydrogen-bond acceptors (Lipinski definition) is 3. The second-order valence-electron chi connectivity index (χ2n) is 7.76. The number of para-hydroxylation sites is 1. The maximum absolute atomic E-state index is 12.9. The summed E-state index contributed by atoms with van der Waals surface area (Å²) in [6, 6.07) is 16.5. The number of aromatic nitrogens is 1. The van der Waals surface area contributed by atoms with Crippen LogP contribution in [0.15, 0.2) is 66.5 Å². The van der Waals surface area contributed by atoms with E-state index in [9.17, 15) is 14.4 Å². The first kappa shape index (κ1) is 21.4. The molecule has 2 heterocycles. The number of amides is 3. The Morgan fingerprint density at radius 1 is 1.06 bits per heavy atom. The Morgan fingerprint density at radius 2 is 1.84 bits per heavy atom. The van der Waals surface area contributed by atoms with Crippen LogP contribution in [0.3, 0.4) is 0 Å². The molecular formula is C25H26N4O3. The molecule has 1 aliphatic rings. The minimum Gasteiger partial charge on any atom is -0.361 e. The van der Waals surface area contributed by atoms with Gasteiger partial charge in [0.25, 0.3) is 11.8 Å². The number of aromatic amines is 1. The van der Waals surface area contributed by atoms with Gasteiger partial charge in [0.05, 0.1) is 0 Å². The van der Waals surface area contributed by atoms with Crippen molar-refractivity contribution >= 4 is 34.7 Å². The van der Waals surface area contributed by atoms with Crippen molar-refractivity contribution in [2.24, 2.45) is 0 Å². The Balaban J connectivity index is 1.48. The molecule has 1 aliphatic heterocycles. The number of nitrogens with one attached hydrogen (secondary N) is 3. The lowest BCUT2D eigenvalue weighted by atomic mass is 10.1. The highest BCUT2D eigenvalue weighted by Gasteiger charge is 2.20. The zero-order valence-electron chi connectivity index (χ0n) is 17.8. The van der Waals surface area contributed by atoms with Gasteiger partial charge in [-0.25, -0.2) is 0 Å². The Kier molecular flexibility index (Phi) is 6.65. The van der Waals surface area contributed by atoms with Crippen LogP contribution in [0.2, 0.25) is 0 Å². The molecule has 0 aliphatic carbocycles. The summed E-state index contributed by atoms with van der Waals surface area (Å²) >= 11 is 0. The summed E-state index contributed by atoms with van der Waals surface area (Å²) in [6.07, 6.45) is 5.65. The van der Waals surface area contributed by atoms with E-state index < -0.39 is 0 Å². The molecule has 0 unspecified atom stereocenters. The molecule has 164 valence electrons. The molecular weight excluding hydrogens is 404 g/mol. The van der Waals surface area contributed by atoms with Gasteiger partial charge in [-0.3, -0.25) is 14.4 Å². The number of H-pyrrole nitrogens is 1. The van der Waals surface area contributed by atoms with E-state index in [4.69, 9.17) is 0 Å². The number of fused-ring (bicyclic) bond motifs is 1. The summed E-state index contributed by atoms with van der Waals surface area (Å²) in [6.45, 7) is 1.82. The molecule has 3 aromatic rings. The summed E-state index contributed by atoms with van der Waals surface area (Å²) in [5.74, 6) is -0.548. The predicted octanol–water partition coefficient (Wildman–Crippen LogP) is 3.07. The fraction of sp³-hybridized carbons (Fsp3) is 0.240. The Hall–Kier alpha value is -3.87. The maximum atomic E-state index is 12.9. The SMILES string of the molecule is O=C(NCCCN1CCCC1=O)/C(=C\c1c[nH]c2ccccc12)NC(=O)c1ccccc1. The molecule has 0 saturated carbocycles. The molecule has 4 rings (SSSR count). The average molecular weight is 431 g/mol. The van der Waals surface area contributed by atoms with Crippen LogP contribution in [0.4, 0.5) is 0 Å². The molecule has 0 radical (unpaired) electrons. The van der Waals surface area contributed by atoms with E-state index >= 15 is 0 Å². The number of carbonyl (C=O) groups excluding carboxylic acids is 3. The van der Waals surface area contributed by atoms with Crippen molar-refractivity contribution in [1.29, 1.82) is 0 Å². The fourth-order valence-electron chi connectivity index (χ4n) is 3.82.